The van der Waals surface area contributed by atoms with Crippen molar-refractivity contribution in [1.29, 1.82) is 0 Å². The summed E-state index contributed by atoms with van der Waals surface area (Å²) in [6.45, 7) is 4.17. The van der Waals surface area contributed by atoms with E-state index in [-0.39, 0.29) is 17.4 Å². The number of anilines is 1. The second-order valence-electron chi connectivity index (χ2n) is 6.26. The summed E-state index contributed by atoms with van der Waals surface area (Å²) < 4.78 is 7.24. The lowest BCUT2D eigenvalue weighted by molar-refractivity contribution is -0.113. The molecule has 0 radical (unpaired) electrons. The SMILES string of the molecule is CCn1c(SCC(=O)Nc2cccc(C(C)=O)c2)nnc1-c1cccc(OC)c1. The summed E-state index contributed by atoms with van der Waals surface area (Å²) in [7, 11) is 1.62. The molecule has 1 N–H and O–H groups in total. The number of aromatic nitrogens is 3. The highest BCUT2D eigenvalue weighted by Crippen LogP contribution is 2.26. The lowest BCUT2D eigenvalue weighted by atomic mass is 10.1. The predicted molar refractivity (Wildman–Crippen MR) is 113 cm³/mol. The Bertz CT molecular complexity index is 1030. The van der Waals surface area contributed by atoms with Gasteiger partial charge in [-0.2, -0.15) is 0 Å². The maximum absolute atomic E-state index is 12.3. The summed E-state index contributed by atoms with van der Waals surface area (Å²) in [6.07, 6.45) is 0. The number of nitrogens with zero attached hydrogens (tertiary/aromatic N) is 3. The van der Waals surface area contributed by atoms with Crippen LogP contribution in [0.15, 0.2) is 53.7 Å². The number of nitrogens with one attached hydrogen (secondary N) is 1. The van der Waals surface area contributed by atoms with Crippen molar-refractivity contribution >= 4 is 29.1 Å². The normalized spacial score (nSPS) is 10.6. The van der Waals surface area contributed by atoms with Gasteiger partial charge in [-0.05, 0) is 38.1 Å². The van der Waals surface area contributed by atoms with E-state index in [4.69, 9.17) is 4.74 Å². The molecule has 0 aliphatic heterocycles. The molecule has 1 amide bonds. The second kappa shape index (κ2) is 9.38. The summed E-state index contributed by atoms with van der Waals surface area (Å²) in [6, 6.07) is 14.5. The maximum Gasteiger partial charge on any atom is 0.234 e. The van der Waals surface area contributed by atoms with Crippen molar-refractivity contribution in [3.05, 3.63) is 54.1 Å². The van der Waals surface area contributed by atoms with Crippen molar-refractivity contribution < 1.29 is 14.3 Å². The maximum atomic E-state index is 12.3. The van der Waals surface area contributed by atoms with E-state index in [0.717, 1.165) is 17.1 Å². The van der Waals surface area contributed by atoms with E-state index in [1.165, 1.54) is 18.7 Å². The van der Waals surface area contributed by atoms with Crippen molar-refractivity contribution in [2.45, 2.75) is 25.5 Å². The number of hydrogen-bond acceptors (Lipinski definition) is 6. The lowest BCUT2D eigenvalue weighted by Crippen LogP contribution is -2.15. The molecule has 0 saturated heterocycles. The van der Waals surface area contributed by atoms with Gasteiger partial charge in [0.25, 0.3) is 0 Å². The quantitative estimate of drug-likeness (QED) is 0.448. The average Bonchev–Trinajstić information content (AvgIpc) is 3.15. The standard InChI is InChI=1S/C21H22N4O3S/c1-4-25-20(16-8-6-10-18(12-16)28-3)23-24-21(25)29-13-19(27)22-17-9-5-7-15(11-17)14(2)26/h5-12H,4,13H2,1-3H3,(H,22,27). The Morgan fingerprint density at radius 2 is 1.93 bits per heavy atom. The average molecular weight is 410 g/mol. The van der Waals surface area contributed by atoms with Crippen molar-refractivity contribution in [1.82, 2.24) is 14.8 Å². The van der Waals surface area contributed by atoms with E-state index >= 15 is 0 Å². The van der Waals surface area contributed by atoms with Crippen LogP contribution < -0.4 is 10.1 Å². The second-order valence-corrected chi connectivity index (χ2v) is 7.20. The van der Waals surface area contributed by atoms with Gasteiger partial charge in [0.2, 0.25) is 5.91 Å². The van der Waals surface area contributed by atoms with E-state index in [0.29, 0.717) is 23.0 Å². The molecule has 1 aromatic heterocycles. The molecule has 29 heavy (non-hydrogen) atoms. The van der Waals surface area contributed by atoms with E-state index in [9.17, 15) is 9.59 Å². The van der Waals surface area contributed by atoms with Crippen LogP contribution in [0.25, 0.3) is 11.4 Å². The number of hydrogen-bond donors (Lipinski definition) is 1. The molecule has 1 heterocycles. The highest BCUT2D eigenvalue weighted by molar-refractivity contribution is 7.99. The first kappa shape index (κ1) is 20.6. The molecule has 0 atom stereocenters. The van der Waals surface area contributed by atoms with Gasteiger partial charge in [-0.1, -0.05) is 36.0 Å². The summed E-state index contributed by atoms with van der Waals surface area (Å²) >= 11 is 1.31. The molecule has 7 nitrogen and oxygen atoms in total. The van der Waals surface area contributed by atoms with Crippen LogP contribution in [0.3, 0.4) is 0 Å². The number of amides is 1. The molecule has 0 spiro atoms. The first-order chi connectivity index (χ1) is 14.0. The third kappa shape index (κ3) is 5.03. The van der Waals surface area contributed by atoms with Crippen molar-refractivity contribution in [2.24, 2.45) is 0 Å². The van der Waals surface area contributed by atoms with E-state index in [1.807, 2.05) is 35.8 Å². The monoisotopic (exact) mass is 410 g/mol. The molecule has 3 aromatic rings. The zero-order valence-electron chi connectivity index (χ0n) is 16.5. The van der Waals surface area contributed by atoms with Crippen LogP contribution in [0.1, 0.15) is 24.2 Å². The van der Waals surface area contributed by atoms with Crippen LogP contribution in [-0.4, -0.2) is 39.3 Å². The van der Waals surface area contributed by atoms with Gasteiger partial charge in [0.05, 0.1) is 12.9 Å². The van der Waals surface area contributed by atoms with Crippen LogP contribution in [0.4, 0.5) is 5.69 Å². The van der Waals surface area contributed by atoms with Crippen LogP contribution in [-0.2, 0) is 11.3 Å². The zero-order valence-corrected chi connectivity index (χ0v) is 17.3. The Hall–Kier alpha value is -3.13. The zero-order chi connectivity index (χ0) is 20.8. The number of ether oxygens (including phenoxy) is 1. The smallest absolute Gasteiger partial charge is 0.234 e. The Morgan fingerprint density at radius 3 is 2.66 bits per heavy atom. The van der Waals surface area contributed by atoms with Gasteiger partial charge in [-0.3, -0.25) is 9.59 Å². The highest BCUT2D eigenvalue weighted by Gasteiger charge is 2.15. The molecule has 3 rings (SSSR count). The first-order valence-corrected chi connectivity index (χ1v) is 10.1. The van der Waals surface area contributed by atoms with Gasteiger partial charge in [-0.15, -0.1) is 10.2 Å². The fourth-order valence-electron chi connectivity index (χ4n) is 2.80. The summed E-state index contributed by atoms with van der Waals surface area (Å²) in [5.74, 6) is 1.43. The number of carbonyl (C=O) groups is 2. The topological polar surface area (TPSA) is 86.1 Å². The highest BCUT2D eigenvalue weighted by atomic mass is 32.2. The fourth-order valence-corrected chi connectivity index (χ4v) is 3.60. The van der Waals surface area contributed by atoms with Gasteiger partial charge in [-0.25, -0.2) is 0 Å². The van der Waals surface area contributed by atoms with Crippen LogP contribution in [0.5, 0.6) is 5.75 Å². The molecule has 0 saturated carbocycles. The Labute approximate surface area is 173 Å². The molecule has 0 unspecified atom stereocenters. The summed E-state index contributed by atoms with van der Waals surface area (Å²) in [5, 5.41) is 12.0. The summed E-state index contributed by atoms with van der Waals surface area (Å²) in [4.78, 5) is 23.8. The Balaban J connectivity index is 1.69. The molecule has 2 aromatic carbocycles. The van der Waals surface area contributed by atoms with Crippen LogP contribution in [0.2, 0.25) is 0 Å². The van der Waals surface area contributed by atoms with E-state index in [2.05, 4.69) is 15.5 Å². The fraction of sp³-hybridized carbons (Fsp3) is 0.238. The molecule has 0 aliphatic rings. The Kier molecular flexibility index (Phi) is 6.66. The molecular weight excluding hydrogens is 388 g/mol. The first-order valence-electron chi connectivity index (χ1n) is 9.13. The molecule has 8 heteroatoms. The number of benzene rings is 2. The molecular formula is C21H22N4O3S. The van der Waals surface area contributed by atoms with E-state index < -0.39 is 0 Å². The number of thioether (sulfide) groups is 1. The molecule has 0 aliphatic carbocycles. The van der Waals surface area contributed by atoms with Gasteiger partial charge < -0.3 is 14.6 Å². The number of methoxy groups -OCH3 is 1. The van der Waals surface area contributed by atoms with Crippen LogP contribution in [0, 0.1) is 0 Å². The minimum Gasteiger partial charge on any atom is -0.497 e. The predicted octanol–water partition coefficient (Wildman–Crippen LogP) is 3.91. The van der Waals surface area contributed by atoms with Gasteiger partial charge in [0.15, 0.2) is 16.8 Å². The molecule has 0 bridgehead atoms. The van der Waals surface area contributed by atoms with E-state index in [1.54, 1.807) is 31.4 Å². The van der Waals surface area contributed by atoms with Crippen LogP contribution >= 0.6 is 11.8 Å². The largest absolute Gasteiger partial charge is 0.497 e. The minimum atomic E-state index is -0.177. The molecule has 150 valence electrons. The number of carbonyl (C=O) groups excluding carboxylic acids is 2. The third-order valence-corrected chi connectivity index (χ3v) is 5.21. The minimum absolute atomic E-state index is 0.0448. The summed E-state index contributed by atoms with van der Waals surface area (Å²) in [5.41, 5.74) is 2.05. The van der Waals surface area contributed by atoms with Crippen molar-refractivity contribution in [3.8, 4) is 17.1 Å². The number of rotatable bonds is 8. The Morgan fingerprint density at radius 1 is 1.14 bits per heavy atom. The van der Waals surface area contributed by atoms with Crippen molar-refractivity contribution in [3.63, 3.8) is 0 Å². The number of Topliss-reactive ketones (excluding diaryl/α,β-unsaturated/α-hetero) is 1. The van der Waals surface area contributed by atoms with Crippen molar-refractivity contribution in [2.75, 3.05) is 18.2 Å². The van der Waals surface area contributed by atoms with Gasteiger partial charge in [0, 0.05) is 23.4 Å². The lowest BCUT2D eigenvalue weighted by Gasteiger charge is -2.09. The number of ketones is 1. The molecule has 0 fully saturated rings. The van der Waals surface area contributed by atoms with Gasteiger partial charge >= 0.3 is 0 Å². The third-order valence-electron chi connectivity index (χ3n) is 4.25. The van der Waals surface area contributed by atoms with Gasteiger partial charge in [0.1, 0.15) is 5.75 Å².